The lowest BCUT2D eigenvalue weighted by molar-refractivity contribution is -0.120. The lowest BCUT2D eigenvalue weighted by Gasteiger charge is -2.23. The Morgan fingerprint density at radius 2 is 1.81 bits per heavy atom. The van der Waals surface area contributed by atoms with Crippen molar-refractivity contribution in [1.29, 1.82) is 0 Å². The normalized spacial score (nSPS) is 11.0. The van der Waals surface area contributed by atoms with Crippen LogP contribution in [0.2, 0.25) is 5.02 Å². The molecule has 3 N–H and O–H groups in total. The highest BCUT2D eigenvalue weighted by atomic mass is 35.5. The van der Waals surface area contributed by atoms with Crippen LogP contribution in [-0.2, 0) is 4.79 Å². The van der Waals surface area contributed by atoms with Crippen LogP contribution >= 0.6 is 11.6 Å². The molecule has 116 valence electrons. The molecule has 1 aromatic carbocycles. The number of benzene rings is 1. The van der Waals surface area contributed by atoms with Gasteiger partial charge in [-0.25, -0.2) is 0 Å². The summed E-state index contributed by atoms with van der Waals surface area (Å²) in [5.74, 6) is -0.584. The minimum absolute atomic E-state index is 0.0795. The molecule has 0 spiro atoms. The molecule has 21 heavy (non-hydrogen) atoms. The summed E-state index contributed by atoms with van der Waals surface area (Å²) in [6.45, 7) is 4.35. The number of aliphatic hydroxyl groups is 1. The molecular formula is C15H21ClN2O3. The maximum Gasteiger partial charge on any atom is 0.251 e. The second-order valence-corrected chi connectivity index (χ2v) is 6.04. The molecule has 0 fully saturated rings. The molecule has 5 nitrogen and oxygen atoms in total. The molecule has 0 bridgehead atoms. The molecule has 0 aromatic heterocycles. The molecule has 0 aliphatic rings. The Morgan fingerprint density at radius 1 is 1.19 bits per heavy atom. The maximum absolute atomic E-state index is 11.8. The molecule has 0 aliphatic heterocycles. The summed E-state index contributed by atoms with van der Waals surface area (Å²) < 4.78 is 0. The Balaban J connectivity index is 2.36. The summed E-state index contributed by atoms with van der Waals surface area (Å²) in [4.78, 5) is 23.5. The zero-order valence-corrected chi connectivity index (χ0v) is 13.0. The average molecular weight is 313 g/mol. The first kappa shape index (κ1) is 17.5. The molecule has 0 atom stereocenters. The molecule has 0 saturated carbocycles. The van der Waals surface area contributed by atoms with Crippen molar-refractivity contribution in [3.63, 3.8) is 0 Å². The highest BCUT2D eigenvalue weighted by Crippen LogP contribution is 2.17. The van der Waals surface area contributed by atoms with Crippen LogP contribution in [0, 0.1) is 5.41 Å². The van der Waals surface area contributed by atoms with Gasteiger partial charge < -0.3 is 15.7 Å². The van der Waals surface area contributed by atoms with Gasteiger partial charge >= 0.3 is 0 Å². The van der Waals surface area contributed by atoms with E-state index < -0.39 is 0 Å². The Labute approximate surface area is 129 Å². The summed E-state index contributed by atoms with van der Waals surface area (Å²) in [6, 6.07) is 6.43. The summed E-state index contributed by atoms with van der Waals surface area (Å²) in [5.41, 5.74) is 0.276. The van der Waals surface area contributed by atoms with Crippen LogP contribution in [0.15, 0.2) is 24.3 Å². The molecule has 0 radical (unpaired) electrons. The number of hydrogen-bond donors (Lipinski definition) is 3. The molecule has 1 aromatic rings. The number of carbonyl (C=O) groups is 2. The maximum atomic E-state index is 11.8. The molecular weight excluding hydrogens is 292 g/mol. The van der Waals surface area contributed by atoms with E-state index in [2.05, 4.69) is 10.6 Å². The van der Waals surface area contributed by atoms with Crippen molar-refractivity contribution in [3.05, 3.63) is 34.9 Å². The van der Waals surface area contributed by atoms with Crippen molar-refractivity contribution in [3.8, 4) is 0 Å². The summed E-state index contributed by atoms with van der Waals surface area (Å²) in [6.07, 6.45) is 0.602. The van der Waals surface area contributed by atoms with E-state index in [0.29, 0.717) is 23.6 Å². The van der Waals surface area contributed by atoms with Crippen LogP contribution in [0.3, 0.4) is 0 Å². The minimum atomic E-state index is -0.323. The fourth-order valence-electron chi connectivity index (χ4n) is 1.66. The van der Waals surface area contributed by atoms with Gasteiger partial charge in [0.15, 0.2) is 0 Å². The van der Waals surface area contributed by atoms with Crippen LogP contribution in [0.25, 0.3) is 0 Å². The van der Waals surface area contributed by atoms with Gasteiger partial charge in [0.05, 0.1) is 6.54 Å². The standard InChI is InChI=1S/C15H21ClN2O3/c1-15(2,7-8-19)10-18-13(20)9-17-14(21)11-3-5-12(16)6-4-11/h3-6,19H,7-10H2,1-2H3,(H,17,21)(H,18,20). The van der Waals surface area contributed by atoms with Gasteiger partial charge in [-0.3, -0.25) is 9.59 Å². The number of carbonyl (C=O) groups excluding carboxylic acids is 2. The largest absolute Gasteiger partial charge is 0.396 e. The first-order chi connectivity index (χ1) is 9.84. The summed E-state index contributed by atoms with van der Waals surface area (Å²) in [7, 11) is 0. The molecule has 6 heteroatoms. The third kappa shape index (κ3) is 6.60. The number of nitrogens with one attached hydrogen (secondary N) is 2. The van der Waals surface area contributed by atoms with Gasteiger partial charge in [0.2, 0.25) is 5.91 Å². The SMILES string of the molecule is CC(C)(CCO)CNC(=O)CNC(=O)c1ccc(Cl)cc1. The number of amides is 2. The van der Waals surface area contributed by atoms with Crippen molar-refractivity contribution >= 4 is 23.4 Å². The van der Waals surface area contributed by atoms with Gasteiger partial charge in [0.25, 0.3) is 5.91 Å². The lowest BCUT2D eigenvalue weighted by atomic mass is 9.90. The minimum Gasteiger partial charge on any atom is -0.396 e. The molecule has 0 aliphatic carbocycles. The fourth-order valence-corrected chi connectivity index (χ4v) is 1.78. The monoisotopic (exact) mass is 312 g/mol. The second kappa shape index (κ2) is 8.00. The van der Waals surface area contributed by atoms with E-state index in [-0.39, 0.29) is 30.4 Å². The predicted octanol–water partition coefficient (Wildman–Crippen LogP) is 1.59. The van der Waals surface area contributed by atoms with Crippen molar-refractivity contribution in [2.45, 2.75) is 20.3 Å². The van der Waals surface area contributed by atoms with Gasteiger partial charge in [-0.05, 0) is 36.1 Å². The van der Waals surface area contributed by atoms with Crippen LogP contribution in [0.1, 0.15) is 30.6 Å². The van der Waals surface area contributed by atoms with Gasteiger partial charge in [0, 0.05) is 23.7 Å². The first-order valence-electron chi connectivity index (χ1n) is 6.75. The van der Waals surface area contributed by atoms with E-state index >= 15 is 0 Å². The summed E-state index contributed by atoms with van der Waals surface area (Å²) >= 11 is 5.74. The Bertz CT molecular complexity index is 486. The Kier molecular flexibility index (Phi) is 6.65. The first-order valence-corrected chi connectivity index (χ1v) is 7.13. The third-order valence-corrected chi connectivity index (χ3v) is 3.32. The number of rotatable bonds is 7. The van der Waals surface area contributed by atoms with Crippen LogP contribution in [0.4, 0.5) is 0 Å². The molecule has 2 amide bonds. The van der Waals surface area contributed by atoms with E-state index in [1.807, 2.05) is 13.8 Å². The zero-order valence-electron chi connectivity index (χ0n) is 12.3. The van der Waals surface area contributed by atoms with Crippen LogP contribution < -0.4 is 10.6 Å². The molecule has 0 unspecified atom stereocenters. The lowest BCUT2D eigenvalue weighted by Crippen LogP contribution is -2.41. The predicted molar refractivity (Wildman–Crippen MR) is 82.3 cm³/mol. The smallest absolute Gasteiger partial charge is 0.251 e. The number of aliphatic hydroxyl groups excluding tert-OH is 1. The van der Waals surface area contributed by atoms with Gasteiger partial charge in [-0.1, -0.05) is 25.4 Å². The van der Waals surface area contributed by atoms with E-state index in [4.69, 9.17) is 16.7 Å². The van der Waals surface area contributed by atoms with Crippen LogP contribution in [-0.4, -0.2) is 36.6 Å². The van der Waals surface area contributed by atoms with E-state index in [9.17, 15) is 9.59 Å². The van der Waals surface area contributed by atoms with E-state index in [0.717, 1.165) is 0 Å². The fraction of sp³-hybridized carbons (Fsp3) is 0.467. The molecule has 0 saturated heterocycles. The Hall–Kier alpha value is -1.59. The van der Waals surface area contributed by atoms with Crippen molar-refractivity contribution in [2.24, 2.45) is 5.41 Å². The summed E-state index contributed by atoms with van der Waals surface area (Å²) in [5, 5.41) is 14.7. The molecule has 1 rings (SSSR count). The third-order valence-electron chi connectivity index (χ3n) is 3.07. The highest BCUT2D eigenvalue weighted by molar-refractivity contribution is 6.30. The Morgan fingerprint density at radius 3 is 2.38 bits per heavy atom. The highest BCUT2D eigenvalue weighted by Gasteiger charge is 2.18. The van der Waals surface area contributed by atoms with Gasteiger partial charge in [0.1, 0.15) is 0 Å². The van der Waals surface area contributed by atoms with Crippen molar-refractivity contribution in [2.75, 3.05) is 19.7 Å². The van der Waals surface area contributed by atoms with Gasteiger partial charge in [-0.15, -0.1) is 0 Å². The second-order valence-electron chi connectivity index (χ2n) is 5.60. The van der Waals surface area contributed by atoms with Crippen molar-refractivity contribution < 1.29 is 14.7 Å². The zero-order chi connectivity index (χ0) is 15.9. The number of halogens is 1. The van der Waals surface area contributed by atoms with E-state index in [1.165, 1.54) is 0 Å². The van der Waals surface area contributed by atoms with Crippen molar-refractivity contribution in [1.82, 2.24) is 10.6 Å². The van der Waals surface area contributed by atoms with E-state index in [1.54, 1.807) is 24.3 Å². The quantitative estimate of drug-likeness (QED) is 0.715. The number of hydrogen-bond acceptors (Lipinski definition) is 3. The van der Waals surface area contributed by atoms with Crippen LogP contribution in [0.5, 0.6) is 0 Å². The van der Waals surface area contributed by atoms with Gasteiger partial charge in [-0.2, -0.15) is 0 Å². The average Bonchev–Trinajstić information content (AvgIpc) is 2.43. The molecule has 0 heterocycles. The topological polar surface area (TPSA) is 78.4 Å².